The molecular weight excluding hydrogens is 248 g/mol. The van der Waals surface area contributed by atoms with Gasteiger partial charge in [0.2, 0.25) is 0 Å². The molecule has 6 heteroatoms. The predicted molar refractivity (Wildman–Crippen MR) is 77.9 cm³/mol. The van der Waals surface area contributed by atoms with Crippen molar-refractivity contribution in [2.45, 2.75) is 6.92 Å². The summed E-state index contributed by atoms with van der Waals surface area (Å²) >= 11 is 0. The Balaban J connectivity index is 0. The van der Waals surface area contributed by atoms with Crippen LogP contribution in [-0.2, 0) is 18.9 Å². The molecule has 0 saturated carbocycles. The summed E-state index contributed by atoms with van der Waals surface area (Å²) in [4.78, 5) is 0. The number of hydrogen-bond acceptors (Lipinski definition) is 6. The van der Waals surface area contributed by atoms with Crippen molar-refractivity contribution in [2.75, 3.05) is 80.5 Å². The standard InChI is InChI=1S/C9H21NO3.C4H11NO/c1-3-12-8-9-13-7-5-10-4-6-11-2;1-5-3-4-6-2/h10H,3-9H2,1-2H3;5H,3-4H2,1-2H3. The van der Waals surface area contributed by atoms with Gasteiger partial charge in [-0.1, -0.05) is 0 Å². The van der Waals surface area contributed by atoms with Crippen molar-refractivity contribution in [3.05, 3.63) is 0 Å². The minimum absolute atomic E-state index is 0.680. The monoisotopic (exact) mass is 280 g/mol. The highest BCUT2D eigenvalue weighted by Gasteiger charge is 1.88. The summed E-state index contributed by atoms with van der Waals surface area (Å²) in [6, 6.07) is 0. The summed E-state index contributed by atoms with van der Waals surface area (Å²) in [5, 5.41) is 6.13. The first-order valence-corrected chi connectivity index (χ1v) is 6.82. The lowest BCUT2D eigenvalue weighted by atomic mass is 10.6. The first kappa shape index (κ1) is 21.1. The molecule has 0 aromatic carbocycles. The summed E-state index contributed by atoms with van der Waals surface area (Å²) in [7, 11) is 5.29. The molecular formula is C13H32N2O4. The fourth-order valence-corrected chi connectivity index (χ4v) is 1.01. The molecule has 0 spiro atoms. The van der Waals surface area contributed by atoms with Crippen LogP contribution in [0.1, 0.15) is 6.92 Å². The summed E-state index contributed by atoms with van der Waals surface area (Å²) in [6.07, 6.45) is 0. The Kier molecular flexibility index (Phi) is 25.4. The average Bonchev–Trinajstić information content (AvgIpc) is 2.44. The molecule has 0 rings (SSSR count). The number of nitrogens with one attached hydrogen (secondary N) is 2. The van der Waals surface area contributed by atoms with Crippen molar-refractivity contribution in [3.63, 3.8) is 0 Å². The fourth-order valence-electron chi connectivity index (χ4n) is 1.01. The molecule has 0 aliphatic heterocycles. The number of ether oxygens (including phenoxy) is 4. The summed E-state index contributed by atoms with van der Waals surface area (Å²) < 4.78 is 20.0. The van der Waals surface area contributed by atoms with Gasteiger partial charge in [0.15, 0.2) is 0 Å². The van der Waals surface area contributed by atoms with Gasteiger partial charge in [-0.15, -0.1) is 0 Å². The zero-order valence-electron chi connectivity index (χ0n) is 13.0. The van der Waals surface area contributed by atoms with Crippen molar-refractivity contribution < 1.29 is 18.9 Å². The SMILES string of the molecule is CCOCCOCCNCCOC.CNCCOC. The smallest absolute Gasteiger partial charge is 0.0701 e. The molecule has 0 radical (unpaired) electrons. The van der Waals surface area contributed by atoms with E-state index >= 15 is 0 Å². The van der Waals surface area contributed by atoms with E-state index in [-0.39, 0.29) is 0 Å². The zero-order chi connectivity index (χ0) is 14.6. The van der Waals surface area contributed by atoms with Gasteiger partial charge in [-0.3, -0.25) is 0 Å². The van der Waals surface area contributed by atoms with Crippen LogP contribution in [-0.4, -0.2) is 80.5 Å². The highest BCUT2D eigenvalue weighted by Crippen LogP contribution is 1.77. The van der Waals surface area contributed by atoms with Crippen molar-refractivity contribution in [1.82, 2.24) is 10.6 Å². The van der Waals surface area contributed by atoms with E-state index in [0.29, 0.717) is 13.2 Å². The molecule has 0 atom stereocenters. The van der Waals surface area contributed by atoms with Gasteiger partial charge >= 0.3 is 0 Å². The van der Waals surface area contributed by atoms with Crippen molar-refractivity contribution in [2.24, 2.45) is 0 Å². The molecule has 0 aliphatic rings. The van der Waals surface area contributed by atoms with Crippen LogP contribution in [0.4, 0.5) is 0 Å². The molecule has 0 saturated heterocycles. The maximum atomic E-state index is 5.29. The van der Waals surface area contributed by atoms with Crippen LogP contribution in [0.2, 0.25) is 0 Å². The minimum Gasteiger partial charge on any atom is -0.383 e. The molecule has 0 amide bonds. The van der Waals surface area contributed by atoms with Gasteiger partial charge in [-0.05, 0) is 14.0 Å². The van der Waals surface area contributed by atoms with Crippen LogP contribution in [0, 0.1) is 0 Å². The Morgan fingerprint density at radius 2 is 1.32 bits per heavy atom. The van der Waals surface area contributed by atoms with Crippen molar-refractivity contribution in [3.8, 4) is 0 Å². The molecule has 0 unspecified atom stereocenters. The Bertz CT molecular complexity index is 126. The van der Waals surface area contributed by atoms with Gasteiger partial charge in [0.25, 0.3) is 0 Å². The topological polar surface area (TPSA) is 61.0 Å². The van der Waals surface area contributed by atoms with Gasteiger partial charge in [0.1, 0.15) is 0 Å². The van der Waals surface area contributed by atoms with Crippen LogP contribution in [0.15, 0.2) is 0 Å². The minimum atomic E-state index is 0.680. The second-order valence-electron chi connectivity index (χ2n) is 3.65. The van der Waals surface area contributed by atoms with E-state index in [4.69, 9.17) is 18.9 Å². The quantitative estimate of drug-likeness (QED) is 0.468. The first-order valence-electron chi connectivity index (χ1n) is 6.82. The molecule has 118 valence electrons. The van der Waals surface area contributed by atoms with Gasteiger partial charge < -0.3 is 29.6 Å². The van der Waals surface area contributed by atoms with Crippen molar-refractivity contribution >= 4 is 0 Å². The van der Waals surface area contributed by atoms with Gasteiger partial charge in [0, 0.05) is 40.5 Å². The second kappa shape index (κ2) is 22.9. The molecule has 0 aliphatic carbocycles. The Morgan fingerprint density at radius 3 is 1.84 bits per heavy atom. The molecule has 0 bridgehead atoms. The highest BCUT2D eigenvalue weighted by atomic mass is 16.5. The Morgan fingerprint density at radius 1 is 0.737 bits per heavy atom. The lowest BCUT2D eigenvalue weighted by Gasteiger charge is -2.05. The van der Waals surface area contributed by atoms with E-state index in [1.54, 1.807) is 14.2 Å². The van der Waals surface area contributed by atoms with Crippen LogP contribution < -0.4 is 10.6 Å². The Labute approximate surface area is 118 Å². The Hall–Kier alpha value is -0.240. The summed E-state index contributed by atoms with van der Waals surface area (Å²) in [5.41, 5.74) is 0. The van der Waals surface area contributed by atoms with Crippen LogP contribution in [0.5, 0.6) is 0 Å². The fraction of sp³-hybridized carbons (Fsp3) is 1.00. The third-order valence-electron chi connectivity index (χ3n) is 2.04. The molecule has 0 aromatic rings. The van der Waals surface area contributed by atoms with E-state index in [2.05, 4.69) is 10.6 Å². The highest BCUT2D eigenvalue weighted by molar-refractivity contribution is 4.44. The molecule has 19 heavy (non-hydrogen) atoms. The van der Waals surface area contributed by atoms with Gasteiger partial charge in [-0.25, -0.2) is 0 Å². The van der Waals surface area contributed by atoms with Crippen LogP contribution in [0.3, 0.4) is 0 Å². The van der Waals surface area contributed by atoms with Crippen LogP contribution in [0.25, 0.3) is 0 Å². The number of hydrogen-bond donors (Lipinski definition) is 2. The summed E-state index contributed by atoms with van der Waals surface area (Å²) in [5.74, 6) is 0. The molecule has 2 N–H and O–H groups in total. The maximum absolute atomic E-state index is 5.29. The third kappa shape index (κ3) is 27.1. The van der Waals surface area contributed by atoms with E-state index < -0.39 is 0 Å². The van der Waals surface area contributed by atoms with E-state index in [0.717, 1.165) is 46.1 Å². The largest absolute Gasteiger partial charge is 0.383 e. The van der Waals surface area contributed by atoms with E-state index in [1.165, 1.54) is 0 Å². The van der Waals surface area contributed by atoms with E-state index in [1.807, 2.05) is 14.0 Å². The summed E-state index contributed by atoms with van der Waals surface area (Å²) in [6.45, 7) is 9.08. The zero-order valence-corrected chi connectivity index (χ0v) is 13.0. The third-order valence-corrected chi connectivity index (χ3v) is 2.04. The molecule has 0 aromatic heterocycles. The lowest BCUT2D eigenvalue weighted by molar-refractivity contribution is 0.0535. The first-order chi connectivity index (χ1) is 9.33. The predicted octanol–water partition coefficient (Wildman–Crippen LogP) is 0.128. The lowest BCUT2D eigenvalue weighted by Crippen LogP contribution is -2.24. The number of rotatable bonds is 13. The average molecular weight is 280 g/mol. The maximum Gasteiger partial charge on any atom is 0.0701 e. The number of likely N-dealkylation sites (N-methyl/N-ethyl adjacent to an activating group) is 1. The van der Waals surface area contributed by atoms with Gasteiger partial charge in [0.05, 0.1) is 33.0 Å². The molecule has 0 fully saturated rings. The van der Waals surface area contributed by atoms with Crippen LogP contribution >= 0.6 is 0 Å². The van der Waals surface area contributed by atoms with Crippen molar-refractivity contribution in [1.29, 1.82) is 0 Å². The molecule has 6 nitrogen and oxygen atoms in total. The second-order valence-corrected chi connectivity index (χ2v) is 3.65. The normalized spacial score (nSPS) is 10.1. The van der Waals surface area contributed by atoms with E-state index in [9.17, 15) is 0 Å². The number of methoxy groups -OCH3 is 2. The van der Waals surface area contributed by atoms with Gasteiger partial charge in [-0.2, -0.15) is 0 Å². The molecule has 0 heterocycles.